The van der Waals surface area contributed by atoms with Gasteiger partial charge in [0.2, 0.25) is 5.78 Å². The molecule has 1 aromatic heterocycles. The predicted molar refractivity (Wildman–Crippen MR) is 41.2 cm³/mol. The topological polar surface area (TPSA) is 60.2 Å². The van der Waals surface area contributed by atoms with E-state index in [-0.39, 0.29) is 23.2 Å². The van der Waals surface area contributed by atoms with Gasteiger partial charge in [-0.15, -0.1) is 0 Å². The van der Waals surface area contributed by atoms with E-state index in [1.165, 1.54) is 13.8 Å². The summed E-state index contributed by atoms with van der Waals surface area (Å²) < 4.78 is 4.93. The van der Waals surface area contributed by atoms with E-state index >= 15 is 0 Å². The molecule has 0 saturated heterocycles. The average molecular weight is 167 g/mol. The summed E-state index contributed by atoms with van der Waals surface area (Å²) >= 11 is 0. The molecule has 0 N–H and O–H groups in total. The van der Waals surface area contributed by atoms with Crippen LogP contribution in [0.1, 0.15) is 40.8 Å². The van der Waals surface area contributed by atoms with Crippen LogP contribution in [0.2, 0.25) is 0 Å². The molecule has 0 aliphatic rings. The van der Waals surface area contributed by atoms with E-state index in [0.717, 1.165) is 0 Å². The van der Waals surface area contributed by atoms with Crippen molar-refractivity contribution in [2.24, 2.45) is 0 Å². The molecule has 0 amide bonds. The summed E-state index contributed by atoms with van der Waals surface area (Å²) in [6.07, 6.45) is 0. The Hall–Kier alpha value is -1.45. The third kappa shape index (κ3) is 1.42. The molecule has 12 heavy (non-hydrogen) atoms. The maximum Gasteiger partial charge on any atom is 0.263 e. The number of aryl methyl sites for hydroxylation is 1. The van der Waals surface area contributed by atoms with Crippen molar-refractivity contribution in [2.75, 3.05) is 0 Å². The summed E-state index contributed by atoms with van der Waals surface area (Å²) in [5.74, 6) is -0.323. The number of nitrogens with zero attached hydrogens (tertiary/aromatic N) is 1. The first-order valence-electron chi connectivity index (χ1n) is 3.51. The second-order valence-corrected chi connectivity index (χ2v) is 2.55. The normalized spacial score (nSPS) is 9.92. The minimum Gasteiger partial charge on any atom is -0.430 e. The molecular formula is C8H9NO3. The van der Waals surface area contributed by atoms with E-state index in [0.29, 0.717) is 5.69 Å². The van der Waals surface area contributed by atoms with Crippen molar-refractivity contribution in [1.29, 1.82) is 0 Å². The molecule has 4 nitrogen and oxygen atoms in total. The monoisotopic (exact) mass is 167 g/mol. The second kappa shape index (κ2) is 2.89. The molecule has 0 radical (unpaired) electrons. The lowest BCUT2D eigenvalue weighted by Gasteiger charge is -1.85. The highest BCUT2D eigenvalue weighted by atomic mass is 16.4. The van der Waals surface area contributed by atoms with E-state index in [1.54, 1.807) is 6.92 Å². The summed E-state index contributed by atoms with van der Waals surface area (Å²) in [5, 5.41) is 0. The largest absolute Gasteiger partial charge is 0.430 e. The lowest BCUT2D eigenvalue weighted by atomic mass is 10.3. The zero-order chi connectivity index (χ0) is 9.30. The van der Waals surface area contributed by atoms with Crippen LogP contribution in [0.15, 0.2) is 4.42 Å². The van der Waals surface area contributed by atoms with Gasteiger partial charge in [-0.3, -0.25) is 9.59 Å². The SMILES string of the molecule is CC(=O)c1nc(C)c(C(C)=O)o1. The highest BCUT2D eigenvalue weighted by Gasteiger charge is 2.15. The number of carbonyl (C=O) groups excluding carboxylic acids is 2. The van der Waals surface area contributed by atoms with Crippen LogP contribution in [0.25, 0.3) is 0 Å². The number of rotatable bonds is 2. The van der Waals surface area contributed by atoms with Crippen molar-refractivity contribution in [3.8, 4) is 0 Å². The van der Waals surface area contributed by atoms with Gasteiger partial charge < -0.3 is 4.42 Å². The maximum atomic E-state index is 10.9. The minimum absolute atomic E-state index is 0.00213. The van der Waals surface area contributed by atoms with Crippen molar-refractivity contribution in [3.63, 3.8) is 0 Å². The summed E-state index contributed by atoms with van der Waals surface area (Å²) in [6, 6.07) is 0. The zero-order valence-corrected chi connectivity index (χ0v) is 7.17. The molecule has 0 aliphatic carbocycles. The molecule has 0 saturated carbocycles. The molecule has 4 heteroatoms. The van der Waals surface area contributed by atoms with Crippen molar-refractivity contribution < 1.29 is 14.0 Å². The highest BCUT2D eigenvalue weighted by molar-refractivity contribution is 5.94. The fourth-order valence-corrected chi connectivity index (χ4v) is 0.874. The van der Waals surface area contributed by atoms with Crippen molar-refractivity contribution in [3.05, 3.63) is 17.3 Å². The van der Waals surface area contributed by atoms with Crippen LogP contribution in [-0.4, -0.2) is 16.6 Å². The van der Waals surface area contributed by atoms with E-state index < -0.39 is 0 Å². The van der Waals surface area contributed by atoms with Crippen LogP contribution >= 0.6 is 0 Å². The molecular weight excluding hydrogens is 158 g/mol. The fourth-order valence-electron chi connectivity index (χ4n) is 0.874. The standard InChI is InChI=1S/C8H9NO3/c1-4-7(5(2)10)12-8(9-4)6(3)11/h1-3H3. The number of Topliss-reactive ketones (excluding diaryl/α,β-unsaturated/α-hetero) is 2. The number of oxazole rings is 1. The van der Waals surface area contributed by atoms with Gasteiger partial charge in [-0.05, 0) is 6.92 Å². The van der Waals surface area contributed by atoms with Crippen LogP contribution in [0.3, 0.4) is 0 Å². The number of aromatic nitrogens is 1. The van der Waals surface area contributed by atoms with Gasteiger partial charge >= 0.3 is 0 Å². The van der Waals surface area contributed by atoms with Gasteiger partial charge in [0.1, 0.15) is 0 Å². The van der Waals surface area contributed by atoms with Crippen LogP contribution in [-0.2, 0) is 0 Å². The van der Waals surface area contributed by atoms with Gasteiger partial charge in [-0.2, -0.15) is 0 Å². The lowest BCUT2D eigenvalue weighted by Crippen LogP contribution is -1.91. The third-order valence-corrected chi connectivity index (χ3v) is 1.42. The Balaban J connectivity index is 3.17. The van der Waals surface area contributed by atoms with E-state index in [2.05, 4.69) is 4.98 Å². The van der Waals surface area contributed by atoms with Crippen molar-refractivity contribution in [1.82, 2.24) is 4.98 Å². The smallest absolute Gasteiger partial charge is 0.263 e. The summed E-state index contributed by atoms with van der Waals surface area (Å²) in [6.45, 7) is 4.35. The quantitative estimate of drug-likeness (QED) is 0.624. The first-order chi connectivity index (χ1) is 5.52. The summed E-state index contributed by atoms with van der Waals surface area (Å²) in [7, 11) is 0. The summed E-state index contributed by atoms with van der Waals surface area (Å²) in [5.41, 5.74) is 0.465. The molecule has 0 aliphatic heterocycles. The van der Waals surface area contributed by atoms with Crippen LogP contribution in [0.4, 0.5) is 0 Å². The highest BCUT2D eigenvalue weighted by Crippen LogP contribution is 2.10. The van der Waals surface area contributed by atoms with E-state index in [1.807, 2.05) is 0 Å². The Morgan fingerprint density at radius 1 is 1.25 bits per heavy atom. The molecule has 0 unspecified atom stereocenters. The Morgan fingerprint density at radius 3 is 2.08 bits per heavy atom. The fraction of sp³-hybridized carbons (Fsp3) is 0.375. The van der Waals surface area contributed by atoms with Crippen molar-refractivity contribution >= 4 is 11.6 Å². The van der Waals surface area contributed by atoms with Crippen LogP contribution in [0, 0.1) is 6.92 Å². The van der Waals surface area contributed by atoms with Crippen molar-refractivity contribution in [2.45, 2.75) is 20.8 Å². The Bertz CT molecular complexity index is 338. The van der Waals surface area contributed by atoms with E-state index in [9.17, 15) is 9.59 Å². The van der Waals surface area contributed by atoms with Gasteiger partial charge in [0.15, 0.2) is 11.5 Å². The van der Waals surface area contributed by atoms with Crippen LogP contribution in [0.5, 0.6) is 0 Å². The molecule has 0 fully saturated rings. The second-order valence-electron chi connectivity index (χ2n) is 2.55. The van der Waals surface area contributed by atoms with Gasteiger partial charge in [-0.25, -0.2) is 4.98 Å². The molecule has 1 aromatic rings. The molecule has 1 heterocycles. The molecule has 0 aromatic carbocycles. The molecule has 1 rings (SSSR count). The molecule has 0 bridgehead atoms. The number of hydrogen-bond donors (Lipinski definition) is 0. The van der Waals surface area contributed by atoms with E-state index in [4.69, 9.17) is 4.42 Å². The number of ketones is 2. The summed E-state index contributed by atoms with van der Waals surface area (Å²) in [4.78, 5) is 25.4. The average Bonchev–Trinajstić information content (AvgIpc) is 2.30. The first-order valence-corrected chi connectivity index (χ1v) is 3.51. The van der Waals surface area contributed by atoms with Gasteiger partial charge in [0, 0.05) is 13.8 Å². The van der Waals surface area contributed by atoms with Gasteiger partial charge in [0.25, 0.3) is 5.89 Å². The molecule has 0 atom stereocenters. The molecule has 64 valence electrons. The lowest BCUT2D eigenvalue weighted by molar-refractivity contribution is 0.0961. The predicted octanol–water partition coefficient (Wildman–Crippen LogP) is 1.39. The number of hydrogen-bond acceptors (Lipinski definition) is 4. The third-order valence-electron chi connectivity index (χ3n) is 1.42. The Labute approximate surface area is 69.6 Å². The number of carbonyl (C=O) groups is 2. The van der Waals surface area contributed by atoms with Crippen LogP contribution < -0.4 is 0 Å². The van der Waals surface area contributed by atoms with Gasteiger partial charge in [0.05, 0.1) is 5.69 Å². The first kappa shape index (κ1) is 8.64. The maximum absolute atomic E-state index is 10.9. The molecule has 0 spiro atoms. The van der Waals surface area contributed by atoms with Gasteiger partial charge in [-0.1, -0.05) is 0 Å². The zero-order valence-electron chi connectivity index (χ0n) is 7.17. The Kier molecular flexibility index (Phi) is 2.08. The Morgan fingerprint density at radius 2 is 1.83 bits per heavy atom. The minimum atomic E-state index is -0.273.